The molecule has 2 aromatic rings. The second-order valence-electron chi connectivity index (χ2n) is 6.81. The Morgan fingerprint density at radius 2 is 2.04 bits per heavy atom. The number of nitrogens with one attached hydrogen (secondary N) is 1. The van der Waals surface area contributed by atoms with Crippen molar-refractivity contribution < 1.29 is 14.3 Å². The van der Waals surface area contributed by atoms with Crippen molar-refractivity contribution >= 4 is 40.0 Å². The number of esters is 1. The Hall–Kier alpha value is -1.87. The fraction of sp³-hybridized carbons (Fsp3) is 0.579. The summed E-state index contributed by atoms with van der Waals surface area (Å²) in [6, 6.07) is 0. The van der Waals surface area contributed by atoms with Crippen LogP contribution < -0.4 is 5.32 Å². The van der Waals surface area contributed by atoms with Crippen molar-refractivity contribution in [2.45, 2.75) is 64.6 Å². The number of aryl methyl sites for hydroxylation is 1. The average Bonchev–Trinajstić information content (AvgIpc) is 3.36. The normalized spacial score (nSPS) is 13.6. The van der Waals surface area contributed by atoms with E-state index in [1.54, 1.807) is 6.92 Å². The molecule has 1 N–H and O–H groups in total. The number of thiophene rings is 1. The summed E-state index contributed by atoms with van der Waals surface area (Å²) in [4.78, 5) is 25.8. The number of carbonyl (C=O) groups excluding carboxylic acids is 2. The highest BCUT2D eigenvalue weighted by Crippen LogP contribution is 2.40. The van der Waals surface area contributed by atoms with E-state index in [0.29, 0.717) is 23.1 Å². The van der Waals surface area contributed by atoms with E-state index in [0.717, 1.165) is 34.4 Å². The first-order valence-corrected chi connectivity index (χ1v) is 11.4. The highest BCUT2D eigenvalue weighted by molar-refractivity contribution is 7.99. The van der Waals surface area contributed by atoms with E-state index in [1.807, 2.05) is 13.8 Å². The van der Waals surface area contributed by atoms with Crippen molar-refractivity contribution in [3.63, 3.8) is 0 Å². The number of anilines is 1. The van der Waals surface area contributed by atoms with Crippen LogP contribution in [-0.2, 0) is 16.1 Å². The minimum Gasteiger partial charge on any atom is -0.462 e. The van der Waals surface area contributed by atoms with Gasteiger partial charge in [0.05, 0.1) is 17.9 Å². The Bertz CT molecular complexity index is 871. The first-order valence-electron chi connectivity index (χ1n) is 9.59. The molecule has 1 fully saturated rings. The summed E-state index contributed by atoms with van der Waals surface area (Å²) in [5.74, 6) is 1.20. The van der Waals surface area contributed by atoms with Crippen molar-refractivity contribution in [3.8, 4) is 0 Å². The van der Waals surface area contributed by atoms with Gasteiger partial charge in [-0.3, -0.25) is 4.79 Å². The molecule has 7 nitrogen and oxygen atoms in total. The summed E-state index contributed by atoms with van der Waals surface area (Å²) in [5.41, 5.74) is 1.30. The van der Waals surface area contributed by atoms with Gasteiger partial charge in [-0.1, -0.05) is 18.7 Å². The van der Waals surface area contributed by atoms with Crippen LogP contribution >= 0.6 is 23.1 Å². The smallest absolute Gasteiger partial charge is 0.341 e. The van der Waals surface area contributed by atoms with E-state index in [2.05, 4.69) is 27.0 Å². The SMILES string of the molecule is CCCn1c(SCC(=O)Nc2sc(C)c(C)c2C(=O)OCC)nnc1C1CC1. The van der Waals surface area contributed by atoms with Crippen LogP contribution in [0.4, 0.5) is 5.00 Å². The lowest BCUT2D eigenvalue weighted by atomic mass is 10.1. The fourth-order valence-electron chi connectivity index (χ4n) is 2.94. The number of thioether (sulfide) groups is 1. The molecule has 2 aromatic heterocycles. The Balaban J connectivity index is 1.67. The van der Waals surface area contributed by atoms with Crippen LogP contribution in [0.3, 0.4) is 0 Å². The zero-order valence-corrected chi connectivity index (χ0v) is 18.3. The molecule has 28 heavy (non-hydrogen) atoms. The van der Waals surface area contributed by atoms with Crippen molar-refractivity contribution in [1.82, 2.24) is 14.8 Å². The van der Waals surface area contributed by atoms with E-state index in [4.69, 9.17) is 4.74 Å². The number of nitrogens with zero attached hydrogens (tertiary/aromatic N) is 3. The van der Waals surface area contributed by atoms with Gasteiger partial charge in [0.25, 0.3) is 0 Å². The predicted molar refractivity (Wildman–Crippen MR) is 111 cm³/mol. The van der Waals surface area contributed by atoms with Crippen molar-refractivity contribution in [3.05, 3.63) is 21.8 Å². The molecule has 1 aliphatic carbocycles. The number of amides is 1. The third-order valence-corrected chi connectivity index (χ3v) is 6.67. The number of aromatic nitrogens is 3. The van der Waals surface area contributed by atoms with E-state index in [-0.39, 0.29) is 11.7 Å². The molecule has 3 rings (SSSR count). The van der Waals surface area contributed by atoms with Crippen molar-refractivity contribution in [1.29, 1.82) is 0 Å². The molecule has 0 aromatic carbocycles. The predicted octanol–water partition coefficient (Wildman–Crippen LogP) is 4.15. The van der Waals surface area contributed by atoms with Gasteiger partial charge in [0.2, 0.25) is 5.91 Å². The molecule has 0 aliphatic heterocycles. The van der Waals surface area contributed by atoms with Gasteiger partial charge in [0, 0.05) is 17.3 Å². The topological polar surface area (TPSA) is 86.1 Å². The van der Waals surface area contributed by atoms with Crippen LogP contribution in [0.5, 0.6) is 0 Å². The van der Waals surface area contributed by atoms with E-state index >= 15 is 0 Å². The van der Waals surface area contributed by atoms with Gasteiger partial charge in [-0.2, -0.15) is 0 Å². The lowest BCUT2D eigenvalue weighted by Crippen LogP contribution is -2.17. The van der Waals surface area contributed by atoms with Gasteiger partial charge < -0.3 is 14.6 Å². The first-order chi connectivity index (χ1) is 13.5. The van der Waals surface area contributed by atoms with Gasteiger partial charge >= 0.3 is 5.97 Å². The molecule has 0 radical (unpaired) electrons. The molecule has 0 spiro atoms. The zero-order valence-electron chi connectivity index (χ0n) is 16.7. The highest BCUT2D eigenvalue weighted by atomic mass is 32.2. The molecule has 0 bridgehead atoms. The quantitative estimate of drug-likeness (QED) is 0.483. The standard InChI is InChI=1S/C19H26N4O3S2/c1-5-9-23-16(13-7-8-13)21-22-19(23)27-10-14(24)20-17-15(18(25)26-6-2)11(3)12(4)28-17/h13H,5-10H2,1-4H3,(H,20,24). The molecule has 2 heterocycles. The molecule has 0 unspecified atom stereocenters. The number of carbonyl (C=O) groups is 2. The molecule has 9 heteroatoms. The van der Waals surface area contributed by atoms with E-state index < -0.39 is 5.97 Å². The monoisotopic (exact) mass is 422 g/mol. The first kappa shape index (κ1) is 20.9. The van der Waals surface area contributed by atoms with Crippen molar-refractivity contribution in [2.75, 3.05) is 17.7 Å². The summed E-state index contributed by atoms with van der Waals surface area (Å²) in [5, 5.41) is 12.8. The molecule has 152 valence electrons. The van der Waals surface area contributed by atoms with Crippen LogP contribution in [-0.4, -0.2) is 39.0 Å². The number of rotatable bonds is 9. The van der Waals surface area contributed by atoms with Crippen LogP contribution in [0.15, 0.2) is 5.16 Å². The average molecular weight is 423 g/mol. The highest BCUT2D eigenvalue weighted by Gasteiger charge is 2.30. The van der Waals surface area contributed by atoms with Gasteiger partial charge in [-0.05, 0) is 45.6 Å². The lowest BCUT2D eigenvalue weighted by molar-refractivity contribution is -0.113. The second-order valence-corrected chi connectivity index (χ2v) is 8.98. The molecule has 0 saturated heterocycles. The largest absolute Gasteiger partial charge is 0.462 e. The van der Waals surface area contributed by atoms with Gasteiger partial charge in [-0.15, -0.1) is 21.5 Å². The summed E-state index contributed by atoms with van der Waals surface area (Å²) in [6.07, 6.45) is 3.33. The third-order valence-electron chi connectivity index (χ3n) is 4.59. The maximum absolute atomic E-state index is 12.5. The zero-order chi connectivity index (χ0) is 20.3. The molecular formula is C19H26N4O3S2. The summed E-state index contributed by atoms with van der Waals surface area (Å²) < 4.78 is 7.27. The van der Waals surface area contributed by atoms with E-state index in [9.17, 15) is 9.59 Å². The molecule has 0 atom stereocenters. The summed E-state index contributed by atoms with van der Waals surface area (Å²) in [6.45, 7) is 8.85. The Labute approximate surface area is 173 Å². The lowest BCUT2D eigenvalue weighted by Gasteiger charge is -2.09. The number of hydrogen-bond acceptors (Lipinski definition) is 7. The Kier molecular flexibility index (Phi) is 6.77. The summed E-state index contributed by atoms with van der Waals surface area (Å²) in [7, 11) is 0. The number of ether oxygens (including phenoxy) is 1. The van der Waals surface area contributed by atoms with Crippen molar-refractivity contribution in [2.24, 2.45) is 0 Å². The van der Waals surface area contributed by atoms with Gasteiger partial charge in [-0.25, -0.2) is 4.79 Å². The maximum atomic E-state index is 12.5. The third kappa shape index (κ3) is 4.57. The van der Waals surface area contributed by atoms with Gasteiger partial charge in [0.1, 0.15) is 10.8 Å². The Morgan fingerprint density at radius 1 is 1.29 bits per heavy atom. The molecular weight excluding hydrogens is 396 g/mol. The Morgan fingerprint density at radius 3 is 2.68 bits per heavy atom. The second kappa shape index (κ2) is 9.09. The fourth-order valence-corrected chi connectivity index (χ4v) is 4.78. The minimum absolute atomic E-state index is 0.171. The molecule has 1 aliphatic rings. The van der Waals surface area contributed by atoms with E-state index in [1.165, 1.54) is 35.9 Å². The van der Waals surface area contributed by atoms with Crippen LogP contribution in [0.25, 0.3) is 0 Å². The van der Waals surface area contributed by atoms with Crippen LogP contribution in [0.2, 0.25) is 0 Å². The summed E-state index contributed by atoms with van der Waals surface area (Å²) >= 11 is 2.78. The van der Waals surface area contributed by atoms with Gasteiger partial charge in [0.15, 0.2) is 5.16 Å². The number of hydrogen-bond donors (Lipinski definition) is 1. The molecule has 1 saturated carbocycles. The minimum atomic E-state index is -0.399. The molecule has 1 amide bonds. The maximum Gasteiger partial charge on any atom is 0.341 e. The van der Waals surface area contributed by atoms with Crippen LogP contribution in [0.1, 0.15) is 65.7 Å². The van der Waals surface area contributed by atoms with Crippen LogP contribution in [0, 0.1) is 13.8 Å².